The van der Waals surface area contributed by atoms with Crippen LogP contribution >= 0.6 is 0 Å². The standard InChI is InChI=1S/C16H28N2O/c1-6-18(7-2)9-8-14(17)16-13(4)10-12(3)11-15(16)19-5/h10-11,14H,6-9,17H2,1-5H3. The Morgan fingerprint density at radius 1 is 1.21 bits per heavy atom. The van der Waals surface area contributed by atoms with Crippen LogP contribution in [0.15, 0.2) is 12.1 Å². The highest BCUT2D eigenvalue weighted by molar-refractivity contribution is 5.44. The van der Waals surface area contributed by atoms with Gasteiger partial charge in [0.25, 0.3) is 0 Å². The molecule has 1 unspecified atom stereocenters. The predicted octanol–water partition coefficient (Wildman–Crippen LogP) is 3.04. The summed E-state index contributed by atoms with van der Waals surface area (Å²) in [6, 6.07) is 4.28. The van der Waals surface area contributed by atoms with Crippen LogP contribution in [0.5, 0.6) is 5.75 Å². The van der Waals surface area contributed by atoms with Gasteiger partial charge < -0.3 is 15.4 Å². The first-order valence-corrected chi connectivity index (χ1v) is 7.16. The van der Waals surface area contributed by atoms with Crippen molar-refractivity contribution in [2.45, 2.75) is 40.2 Å². The van der Waals surface area contributed by atoms with Gasteiger partial charge in [-0.15, -0.1) is 0 Å². The van der Waals surface area contributed by atoms with Gasteiger partial charge in [0.2, 0.25) is 0 Å². The fourth-order valence-electron chi connectivity index (χ4n) is 2.59. The van der Waals surface area contributed by atoms with Gasteiger partial charge in [-0.1, -0.05) is 19.9 Å². The van der Waals surface area contributed by atoms with Crippen LogP contribution in [0.4, 0.5) is 0 Å². The van der Waals surface area contributed by atoms with Gasteiger partial charge in [-0.2, -0.15) is 0 Å². The molecule has 0 aliphatic carbocycles. The summed E-state index contributed by atoms with van der Waals surface area (Å²) in [6.07, 6.45) is 0.960. The predicted molar refractivity (Wildman–Crippen MR) is 81.8 cm³/mol. The number of ether oxygens (including phenoxy) is 1. The summed E-state index contributed by atoms with van der Waals surface area (Å²) >= 11 is 0. The highest BCUT2D eigenvalue weighted by Crippen LogP contribution is 2.30. The van der Waals surface area contributed by atoms with Crippen molar-refractivity contribution in [3.8, 4) is 5.75 Å². The van der Waals surface area contributed by atoms with E-state index in [2.05, 4.69) is 44.7 Å². The molecule has 0 heterocycles. The van der Waals surface area contributed by atoms with Crippen molar-refractivity contribution in [1.82, 2.24) is 4.90 Å². The van der Waals surface area contributed by atoms with Gasteiger partial charge in [0.1, 0.15) is 5.75 Å². The van der Waals surface area contributed by atoms with Crippen LogP contribution in [-0.4, -0.2) is 31.6 Å². The van der Waals surface area contributed by atoms with Crippen LogP contribution in [0.3, 0.4) is 0 Å². The average Bonchev–Trinajstić information content (AvgIpc) is 2.38. The maximum absolute atomic E-state index is 6.37. The molecule has 108 valence electrons. The Labute approximate surface area is 117 Å². The van der Waals surface area contributed by atoms with E-state index in [0.29, 0.717) is 0 Å². The normalized spacial score (nSPS) is 12.8. The van der Waals surface area contributed by atoms with E-state index in [9.17, 15) is 0 Å². The van der Waals surface area contributed by atoms with Crippen LogP contribution in [0.1, 0.15) is 43.0 Å². The minimum absolute atomic E-state index is 0.0381. The number of aryl methyl sites for hydroxylation is 2. The Morgan fingerprint density at radius 2 is 1.84 bits per heavy atom. The summed E-state index contributed by atoms with van der Waals surface area (Å²) in [7, 11) is 1.72. The Hall–Kier alpha value is -1.06. The summed E-state index contributed by atoms with van der Waals surface area (Å²) in [5, 5.41) is 0. The van der Waals surface area contributed by atoms with Crippen molar-refractivity contribution >= 4 is 0 Å². The smallest absolute Gasteiger partial charge is 0.124 e. The molecule has 0 saturated heterocycles. The molecule has 19 heavy (non-hydrogen) atoms. The lowest BCUT2D eigenvalue weighted by atomic mass is 9.96. The third-order valence-electron chi connectivity index (χ3n) is 3.73. The van der Waals surface area contributed by atoms with Gasteiger partial charge in [-0.3, -0.25) is 0 Å². The average molecular weight is 264 g/mol. The first-order valence-electron chi connectivity index (χ1n) is 7.16. The molecule has 1 rings (SSSR count). The van der Waals surface area contributed by atoms with E-state index in [4.69, 9.17) is 10.5 Å². The second-order valence-corrected chi connectivity index (χ2v) is 5.12. The Balaban J connectivity index is 2.84. The lowest BCUT2D eigenvalue weighted by molar-refractivity contribution is 0.289. The molecule has 1 aromatic carbocycles. The molecule has 0 aromatic heterocycles. The van der Waals surface area contributed by atoms with Crippen LogP contribution in [0.25, 0.3) is 0 Å². The lowest BCUT2D eigenvalue weighted by Gasteiger charge is -2.23. The highest BCUT2D eigenvalue weighted by atomic mass is 16.5. The highest BCUT2D eigenvalue weighted by Gasteiger charge is 2.16. The fraction of sp³-hybridized carbons (Fsp3) is 0.625. The molecule has 0 aliphatic rings. The first-order chi connectivity index (χ1) is 9.03. The van der Waals surface area contributed by atoms with Gasteiger partial charge in [0.05, 0.1) is 7.11 Å². The number of methoxy groups -OCH3 is 1. The molecular weight excluding hydrogens is 236 g/mol. The first kappa shape index (κ1) is 16.0. The number of hydrogen-bond donors (Lipinski definition) is 1. The summed E-state index contributed by atoms with van der Waals surface area (Å²) in [5.74, 6) is 0.921. The molecule has 2 N–H and O–H groups in total. The zero-order valence-corrected chi connectivity index (χ0v) is 13.0. The second kappa shape index (κ2) is 7.51. The molecule has 0 bridgehead atoms. The number of benzene rings is 1. The van der Waals surface area contributed by atoms with Gasteiger partial charge in [0, 0.05) is 11.6 Å². The minimum atomic E-state index is 0.0381. The van der Waals surface area contributed by atoms with E-state index in [1.807, 2.05) is 0 Å². The monoisotopic (exact) mass is 264 g/mol. The number of nitrogens with zero attached hydrogens (tertiary/aromatic N) is 1. The van der Waals surface area contributed by atoms with E-state index >= 15 is 0 Å². The molecule has 0 aliphatic heterocycles. The molecule has 3 heteroatoms. The molecule has 1 aromatic rings. The molecule has 0 amide bonds. The second-order valence-electron chi connectivity index (χ2n) is 5.12. The van der Waals surface area contributed by atoms with E-state index in [-0.39, 0.29) is 6.04 Å². The molecular formula is C16H28N2O. The lowest BCUT2D eigenvalue weighted by Crippen LogP contribution is -2.27. The third-order valence-corrected chi connectivity index (χ3v) is 3.73. The Kier molecular flexibility index (Phi) is 6.32. The molecule has 3 nitrogen and oxygen atoms in total. The van der Waals surface area contributed by atoms with Crippen molar-refractivity contribution in [1.29, 1.82) is 0 Å². The maximum atomic E-state index is 6.37. The van der Waals surface area contributed by atoms with Crippen molar-refractivity contribution in [3.05, 3.63) is 28.8 Å². The molecule has 1 atom stereocenters. The fourth-order valence-corrected chi connectivity index (χ4v) is 2.59. The molecule has 0 saturated carbocycles. The number of rotatable bonds is 7. The Morgan fingerprint density at radius 3 is 2.37 bits per heavy atom. The molecule has 0 fully saturated rings. The summed E-state index contributed by atoms with van der Waals surface area (Å²) in [6.45, 7) is 11.8. The Bertz CT molecular complexity index is 400. The van der Waals surface area contributed by atoms with Gasteiger partial charge in [0.15, 0.2) is 0 Å². The van der Waals surface area contributed by atoms with Crippen molar-refractivity contribution in [2.75, 3.05) is 26.7 Å². The molecule has 0 radical (unpaired) electrons. The molecule has 0 spiro atoms. The van der Waals surface area contributed by atoms with Crippen molar-refractivity contribution in [3.63, 3.8) is 0 Å². The van der Waals surface area contributed by atoms with Crippen LogP contribution in [-0.2, 0) is 0 Å². The number of hydrogen-bond acceptors (Lipinski definition) is 3. The van der Waals surface area contributed by atoms with Crippen LogP contribution < -0.4 is 10.5 Å². The van der Waals surface area contributed by atoms with Gasteiger partial charge in [-0.25, -0.2) is 0 Å². The van der Waals surface area contributed by atoms with E-state index in [1.165, 1.54) is 11.1 Å². The van der Waals surface area contributed by atoms with E-state index < -0.39 is 0 Å². The quantitative estimate of drug-likeness (QED) is 0.822. The van der Waals surface area contributed by atoms with E-state index in [1.54, 1.807) is 7.11 Å². The minimum Gasteiger partial charge on any atom is -0.496 e. The zero-order chi connectivity index (χ0) is 14.4. The SMILES string of the molecule is CCN(CC)CCC(N)c1c(C)cc(C)cc1OC. The van der Waals surface area contributed by atoms with Gasteiger partial charge >= 0.3 is 0 Å². The largest absolute Gasteiger partial charge is 0.496 e. The van der Waals surface area contributed by atoms with Crippen molar-refractivity contribution < 1.29 is 4.74 Å². The summed E-state index contributed by atoms with van der Waals surface area (Å²) in [4.78, 5) is 2.40. The van der Waals surface area contributed by atoms with E-state index in [0.717, 1.165) is 37.4 Å². The number of nitrogens with two attached hydrogens (primary N) is 1. The van der Waals surface area contributed by atoms with Crippen LogP contribution in [0.2, 0.25) is 0 Å². The zero-order valence-electron chi connectivity index (χ0n) is 13.0. The third kappa shape index (κ3) is 4.22. The summed E-state index contributed by atoms with van der Waals surface area (Å²) in [5.41, 5.74) is 9.97. The van der Waals surface area contributed by atoms with Crippen molar-refractivity contribution in [2.24, 2.45) is 5.73 Å². The van der Waals surface area contributed by atoms with Crippen LogP contribution in [0, 0.1) is 13.8 Å². The topological polar surface area (TPSA) is 38.5 Å². The van der Waals surface area contributed by atoms with Gasteiger partial charge in [-0.05, 0) is 57.1 Å². The summed E-state index contributed by atoms with van der Waals surface area (Å²) < 4.78 is 5.49. The maximum Gasteiger partial charge on any atom is 0.124 e.